The third-order valence-corrected chi connectivity index (χ3v) is 2.61. The topological polar surface area (TPSA) is 182 Å². The van der Waals surface area contributed by atoms with Crippen LogP contribution in [-0.4, -0.2) is 53.2 Å². The van der Waals surface area contributed by atoms with Crippen molar-refractivity contribution in [3.05, 3.63) is 0 Å². The molecule has 0 aliphatic carbocycles. The molecule has 0 heterocycles. The number of nitrogens with two attached hydrogens (primary N) is 2. The highest BCUT2D eigenvalue weighted by atomic mass is 16.4. The van der Waals surface area contributed by atoms with Gasteiger partial charge in [0.1, 0.15) is 12.3 Å². The van der Waals surface area contributed by atoms with Gasteiger partial charge in [0.05, 0.1) is 18.5 Å². The molecule has 10 nitrogen and oxygen atoms in total. The van der Waals surface area contributed by atoms with E-state index in [4.69, 9.17) is 16.6 Å². The molecular weight excluding hydrogens is 296 g/mol. The van der Waals surface area contributed by atoms with Gasteiger partial charge in [-0.15, -0.1) is 0 Å². The summed E-state index contributed by atoms with van der Waals surface area (Å²) in [5.41, 5.74) is 10.3. The summed E-state index contributed by atoms with van der Waals surface area (Å²) >= 11 is 0. The second-order valence-corrected chi connectivity index (χ2v) is 4.70. The predicted molar refractivity (Wildman–Crippen MR) is 74.3 cm³/mol. The van der Waals surface area contributed by atoms with Crippen LogP contribution >= 0.6 is 0 Å². The number of hydrogen-bond donors (Lipinski definition) is 5. The molecule has 0 rings (SSSR count). The zero-order chi connectivity index (χ0) is 17.3. The van der Waals surface area contributed by atoms with Crippen LogP contribution in [0.2, 0.25) is 0 Å². The molecule has 22 heavy (non-hydrogen) atoms. The van der Waals surface area contributed by atoms with E-state index in [2.05, 4.69) is 10.6 Å². The minimum atomic E-state index is -1.29. The lowest BCUT2D eigenvalue weighted by Crippen LogP contribution is -2.54. The molecule has 0 saturated carbocycles. The molecule has 0 spiro atoms. The van der Waals surface area contributed by atoms with Crippen LogP contribution in [0.5, 0.6) is 0 Å². The summed E-state index contributed by atoms with van der Waals surface area (Å²) < 4.78 is 0. The Labute approximate surface area is 126 Å². The molecule has 0 fully saturated rings. The highest BCUT2D eigenvalue weighted by Gasteiger charge is 2.26. The Bertz CT molecular complexity index is 451. The Kier molecular flexibility index (Phi) is 8.38. The van der Waals surface area contributed by atoms with Gasteiger partial charge in [-0.2, -0.15) is 0 Å². The normalized spacial score (nSPS) is 14.3. The molecule has 0 aliphatic heterocycles. The molecule has 10 heteroatoms. The van der Waals surface area contributed by atoms with Crippen molar-refractivity contribution in [1.29, 1.82) is 0 Å². The zero-order valence-corrected chi connectivity index (χ0v) is 12.1. The van der Waals surface area contributed by atoms with E-state index in [0.717, 1.165) is 0 Å². The third kappa shape index (κ3) is 7.94. The molecule has 0 radical (unpaired) electrons. The standard InChI is InChI=1S/C12H20N4O6/c1-6(13)11(21)16-8(4-9(14)18)12(22)15-7(5-17)2-3-10(19)20/h5-8H,2-4,13H2,1H3,(H2,14,18)(H,15,22)(H,16,21)(H,19,20)/t6-,7-,8-/m0/s1. The highest BCUT2D eigenvalue weighted by Crippen LogP contribution is 1.99. The van der Waals surface area contributed by atoms with Gasteiger partial charge in [0.25, 0.3) is 0 Å². The van der Waals surface area contributed by atoms with Gasteiger partial charge in [0.15, 0.2) is 0 Å². The van der Waals surface area contributed by atoms with Crippen molar-refractivity contribution in [3.63, 3.8) is 0 Å². The molecule has 3 atom stereocenters. The summed E-state index contributed by atoms with van der Waals surface area (Å²) in [6.45, 7) is 1.38. The molecule has 3 amide bonds. The summed E-state index contributed by atoms with van der Waals surface area (Å²) in [5, 5.41) is 13.0. The molecule has 7 N–H and O–H groups in total. The number of rotatable bonds is 10. The summed E-state index contributed by atoms with van der Waals surface area (Å²) in [6, 6.07) is -3.24. The van der Waals surface area contributed by atoms with Crippen LogP contribution in [0.25, 0.3) is 0 Å². The van der Waals surface area contributed by atoms with Gasteiger partial charge in [-0.3, -0.25) is 19.2 Å². The molecule has 0 unspecified atom stereocenters. The first kappa shape index (κ1) is 19.5. The fraction of sp³-hybridized carbons (Fsp3) is 0.583. The van der Waals surface area contributed by atoms with E-state index >= 15 is 0 Å². The summed E-state index contributed by atoms with van der Waals surface area (Å²) in [7, 11) is 0. The van der Waals surface area contributed by atoms with E-state index in [1.54, 1.807) is 0 Å². The molecule has 124 valence electrons. The quantitative estimate of drug-likeness (QED) is 0.270. The van der Waals surface area contributed by atoms with Crippen LogP contribution in [0.15, 0.2) is 0 Å². The van der Waals surface area contributed by atoms with E-state index < -0.39 is 48.2 Å². The number of aliphatic carboxylic acids is 1. The fourth-order valence-corrected chi connectivity index (χ4v) is 1.45. The fourth-order valence-electron chi connectivity index (χ4n) is 1.45. The number of carboxylic acid groups (broad SMARTS) is 1. The van der Waals surface area contributed by atoms with Crippen molar-refractivity contribution in [2.75, 3.05) is 0 Å². The first-order valence-corrected chi connectivity index (χ1v) is 6.49. The molecular formula is C12H20N4O6. The number of carbonyl (C=O) groups is 5. The smallest absolute Gasteiger partial charge is 0.303 e. The van der Waals surface area contributed by atoms with Crippen molar-refractivity contribution in [1.82, 2.24) is 10.6 Å². The first-order valence-electron chi connectivity index (χ1n) is 6.49. The minimum absolute atomic E-state index is 0.116. The molecule has 0 aliphatic rings. The second kappa shape index (κ2) is 9.45. The zero-order valence-electron chi connectivity index (χ0n) is 12.1. The van der Waals surface area contributed by atoms with Gasteiger partial charge in [-0.25, -0.2) is 0 Å². The van der Waals surface area contributed by atoms with Crippen LogP contribution in [-0.2, 0) is 24.0 Å². The van der Waals surface area contributed by atoms with Crippen LogP contribution in [0.3, 0.4) is 0 Å². The van der Waals surface area contributed by atoms with E-state index in [1.165, 1.54) is 6.92 Å². The lowest BCUT2D eigenvalue weighted by Gasteiger charge is -2.20. The maximum Gasteiger partial charge on any atom is 0.303 e. The van der Waals surface area contributed by atoms with Gasteiger partial charge in [0.2, 0.25) is 17.7 Å². The lowest BCUT2D eigenvalue weighted by atomic mass is 10.1. The summed E-state index contributed by atoms with van der Waals surface area (Å²) in [4.78, 5) is 55.7. The Morgan fingerprint density at radius 3 is 2.18 bits per heavy atom. The van der Waals surface area contributed by atoms with Crippen LogP contribution < -0.4 is 22.1 Å². The average molecular weight is 316 g/mol. The SMILES string of the molecule is C[C@H](N)C(=O)N[C@@H](CC(N)=O)C(=O)N[C@H](C=O)CCC(=O)O. The molecule has 0 bridgehead atoms. The Hall–Kier alpha value is -2.49. The predicted octanol–water partition coefficient (Wildman–Crippen LogP) is -2.76. The van der Waals surface area contributed by atoms with E-state index in [-0.39, 0.29) is 12.8 Å². The largest absolute Gasteiger partial charge is 0.481 e. The molecule has 0 aromatic carbocycles. The maximum atomic E-state index is 12.0. The number of carbonyl (C=O) groups excluding carboxylic acids is 4. The maximum absolute atomic E-state index is 12.0. The van der Waals surface area contributed by atoms with Gasteiger partial charge in [0, 0.05) is 6.42 Å². The molecule has 0 aromatic heterocycles. The number of primary amides is 1. The van der Waals surface area contributed by atoms with E-state index in [0.29, 0.717) is 6.29 Å². The number of carboxylic acids is 1. The number of aldehydes is 1. The van der Waals surface area contributed by atoms with Gasteiger partial charge < -0.3 is 32.0 Å². The monoisotopic (exact) mass is 316 g/mol. The highest BCUT2D eigenvalue weighted by molar-refractivity contribution is 5.93. The Morgan fingerprint density at radius 1 is 1.18 bits per heavy atom. The average Bonchev–Trinajstić information content (AvgIpc) is 2.41. The number of hydrogen-bond acceptors (Lipinski definition) is 6. The van der Waals surface area contributed by atoms with Crippen LogP contribution in [0.1, 0.15) is 26.2 Å². The first-order chi connectivity index (χ1) is 10.2. The third-order valence-electron chi connectivity index (χ3n) is 2.61. The lowest BCUT2D eigenvalue weighted by molar-refractivity contribution is -0.137. The van der Waals surface area contributed by atoms with Crippen molar-refractivity contribution in [2.45, 2.75) is 44.3 Å². The summed E-state index contributed by atoms with van der Waals surface area (Å²) in [6.07, 6.45) is -0.546. The Morgan fingerprint density at radius 2 is 1.77 bits per heavy atom. The van der Waals surface area contributed by atoms with Crippen LogP contribution in [0, 0.1) is 0 Å². The van der Waals surface area contributed by atoms with Gasteiger partial charge in [-0.05, 0) is 13.3 Å². The summed E-state index contributed by atoms with van der Waals surface area (Å²) in [5.74, 6) is -3.46. The van der Waals surface area contributed by atoms with Crippen molar-refractivity contribution in [2.24, 2.45) is 11.5 Å². The molecule has 0 aromatic rings. The van der Waals surface area contributed by atoms with E-state index in [9.17, 15) is 24.0 Å². The second-order valence-electron chi connectivity index (χ2n) is 4.70. The van der Waals surface area contributed by atoms with Crippen molar-refractivity contribution < 1.29 is 29.1 Å². The van der Waals surface area contributed by atoms with Crippen molar-refractivity contribution in [3.8, 4) is 0 Å². The van der Waals surface area contributed by atoms with Gasteiger partial charge >= 0.3 is 5.97 Å². The van der Waals surface area contributed by atoms with Crippen LogP contribution in [0.4, 0.5) is 0 Å². The van der Waals surface area contributed by atoms with Gasteiger partial charge in [-0.1, -0.05) is 0 Å². The number of nitrogens with one attached hydrogen (secondary N) is 2. The Balaban J connectivity index is 4.79. The number of amides is 3. The van der Waals surface area contributed by atoms with Crippen molar-refractivity contribution >= 4 is 30.0 Å². The molecule has 0 saturated heterocycles. The van der Waals surface area contributed by atoms with E-state index in [1.807, 2.05) is 0 Å². The minimum Gasteiger partial charge on any atom is -0.481 e.